The summed E-state index contributed by atoms with van der Waals surface area (Å²) in [7, 11) is 1.64. The molecule has 0 spiro atoms. The Morgan fingerprint density at radius 1 is 1.07 bits per heavy atom. The van der Waals surface area contributed by atoms with Gasteiger partial charge in [0.1, 0.15) is 5.82 Å². The van der Waals surface area contributed by atoms with Crippen molar-refractivity contribution in [1.29, 1.82) is 0 Å². The lowest BCUT2D eigenvalue weighted by Crippen LogP contribution is -2.35. The van der Waals surface area contributed by atoms with Gasteiger partial charge in [-0.05, 0) is 36.6 Å². The van der Waals surface area contributed by atoms with Gasteiger partial charge in [-0.3, -0.25) is 9.36 Å². The van der Waals surface area contributed by atoms with Gasteiger partial charge in [-0.25, -0.2) is 9.78 Å². The van der Waals surface area contributed by atoms with E-state index in [-0.39, 0.29) is 11.6 Å². The molecule has 0 fully saturated rings. The summed E-state index contributed by atoms with van der Waals surface area (Å²) in [6.07, 6.45) is 0. The number of carbonyl (C=O) groups is 1. The van der Waals surface area contributed by atoms with Gasteiger partial charge in [0.15, 0.2) is 0 Å². The van der Waals surface area contributed by atoms with E-state index in [0.717, 1.165) is 10.8 Å². The fourth-order valence-electron chi connectivity index (χ4n) is 3.40. The topological polar surface area (TPSA) is 76.0 Å². The van der Waals surface area contributed by atoms with Crippen molar-refractivity contribution in [2.45, 2.75) is 13.0 Å². The molecule has 0 saturated heterocycles. The molecule has 0 bridgehead atoms. The van der Waals surface area contributed by atoms with E-state index in [9.17, 15) is 9.59 Å². The van der Waals surface area contributed by atoms with Gasteiger partial charge in [-0.15, -0.1) is 0 Å². The third-order valence-corrected chi connectivity index (χ3v) is 5.08. The van der Waals surface area contributed by atoms with Crippen LogP contribution >= 0.6 is 11.6 Å². The molecule has 4 aromatic rings. The zero-order valence-electron chi connectivity index (χ0n) is 15.9. The number of benzene rings is 3. The van der Waals surface area contributed by atoms with E-state index in [1.165, 1.54) is 4.57 Å². The second-order valence-electron chi connectivity index (χ2n) is 6.84. The van der Waals surface area contributed by atoms with Crippen LogP contribution in [0, 0.1) is 0 Å². The van der Waals surface area contributed by atoms with Gasteiger partial charge in [-0.2, -0.15) is 0 Å². The van der Waals surface area contributed by atoms with Gasteiger partial charge in [0.25, 0.3) is 5.56 Å². The fourth-order valence-corrected chi connectivity index (χ4v) is 3.57. The van der Waals surface area contributed by atoms with Crippen LogP contribution in [0.15, 0.2) is 65.5 Å². The third-order valence-electron chi connectivity index (χ3n) is 4.85. The Kier molecular flexibility index (Phi) is 4.94. The summed E-state index contributed by atoms with van der Waals surface area (Å²) in [6, 6.07) is 17.6. The van der Waals surface area contributed by atoms with Gasteiger partial charge >= 0.3 is 6.03 Å². The SMILES string of the molecule is CC(NC(=O)Nc1cccc2ccccc12)c1nc2cc(Cl)ccc2c(=O)n1C. The standard InChI is InChI=1S/C22H19ClN4O2/c1-13(20-25-19-12-15(23)10-11-17(19)21(28)27(20)2)24-22(29)26-18-9-5-7-14-6-3-4-8-16(14)18/h3-13H,1-2H3,(H2,24,26,29). The molecular formula is C22H19ClN4O2. The second kappa shape index (κ2) is 7.56. The first kappa shape index (κ1) is 19.0. The van der Waals surface area contributed by atoms with E-state index in [2.05, 4.69) is 15.6 Å². The first-order chi connectivity index (χ1) is 13.9. The number of urea groups is 1. The highest BCUT2D eigenvalue weighted by Gasteiger charge is 2.17. The smallest absolute Gasteiger partial charge is 0.319 e. The maximum atomic E-state index is 12.6. The Morgan fingerprint density at radius 3 is 2.66 bits per heavy atom. The van der Waals surface area contributed by atoms with E-state index in [4.69, 9.17) is 11.6 Å². The predicted molar refractivity (Wildman–Crippen MR) is 117 cm³/mol. The lowest BCUT2D eigenvalue weighted by atomic mass is 10.1. The van der Waals surface area contributed by atoms with Gasteiger partial charge in [0.2, 0.25) is 0 Å². The average Bonchev–Trinajstić information content (AvgIpc) is 2.70. The van der Waals surface area contributed by atoms with E-state index in [0.29, 0.717) is 27.4 Å². The molecule has 1 aromatic heterocycles. The molecule has 0 saturated carbocycles. The minimum Gasteiger partial charge on any atom is -0.328 e. The number of nitrogens with one attached hydrogen (secondary N) is 2. The maximum Gasteiger partial charge on any atom is 0.319 e. The molecular weight excluding hydrogens is 388 g/mol. The summed E-state index contributed by atoms with van der Waals surface area (Å²) in [5, 5.41) is 8.69. The Hall–Kier alpha value is -3.38. The number of hydrogen-bond acceptors (Lipinski definition) is 3. The zero-order chi connectivity index (χ0) is 20.5. The number of anilines is 1. The highest BCUT2D eigenvalue weighted by Crippen LogP contribution is 2.23. The average molecular weight is 407 g/mol. The minimum absolute atomic E-state index is 0.190. The molecule has 4 rings (SSSR count). The minimum atomic E-state index is -0.494. The van der Waals surface area contributed by atoms with Crippen LogP contribution in [0.3, 0.4) is 0 Å². The molecule has 29 heavy (non-hydrogen) atoms. The van der Waals surface area contributed by atoms with Crippen molar-refractivity contribution < 1.29 is 4.79 Å². The summed E-state index contributed by atoms with van der Waals surface area (Å²) in [5.41, 5.74) is 1.02. The number of carbonyl (C=O) groups excluding carboxylic acids is 1. The van der Waals surface area contributed by atoms with E-state index in [1.54, 1.807) is 32.2 Å². The van der Waals surface area contributed by atoms with Gasteiger partial charge in [-0.1, -0.05) is 48.0 Å². The summed E-state index contributed by atoms with van der Waals surface area (Å²) in [6.45, 7) is 1.78. The summed E-state index contributed by atoms with van der Waals surface area (Å²) < 4.78 is 1.44. The van der Waals surface area contributed by atoms with Crippen LogP contribution < -0.4 is 16.2 Å². The normalized spacial score (nSPS) is 12.1. The molecule has 7 heteroatoms. The van der Waals surface area contributed by atoms with Crippen molar-refractivity contribution in [1.82, 2.24) is 14.9 Å². The Labute approximate surface area is 172 Å². The van der Waals surface area contributed by atoms with Gasteiger partial charge in [0.05, 0.1) is 22.6 Å². The summed E-state index contributed by atoms with van der Waals surface area (Å²) in [4.78, 5) is 29.8. The van der Waals surface area contributed by atoms with Crippen molar-refractivity contribution in [2.75, 3.05) is 5.32 Å². The molecule has 0 aliphatic heterocycles. The molecule has 1 unspecified atom stereocenters. The van der Waals surface area contributed by atoms with Crippen LogP contribution in [-0.2, 0) is 7.05 Å². The number of rotatable bonds is 3. The highest BCUT2D eigenvalue weighted by atomic mass is 35.5. The predicted octanol–water partition coefficient (Wildman–Crippen LogP) is 4.62. The van der Waals surface area contributed by atoms with E-state index in [1.807, 2.05) is 42.5 Å². The lowest BCUT2D eigenvalue weighted by Gasteiger charge is -2.18. The van der Waals surface area contributed by atoms with Crippen LogP contribution in [0.1, 0.15) is 18.8 Å². The molecule has 146 valence electrons. The summed E-state index contributed by atoms with van der Waals surface area (Å²) >= 11 is 6.04. The van der Waals surface area contributed by atoms with Crippen LogP contribution in [0.4, 0.5) is 10.5 Å². The molecule has 1 atom stereocenters. The molecule has 1 heterocycles. The summed E-state index contributed by atoms with van der Waals surface area (Å²) in [5.74, 6) is 0.442. The van der Waals surface area contributed by atoms with Crippen molar-refractivity contribution in [3.63, 3.8) is 0 Å². The zero-order valence-corrected chi connectivity index (χ0v) is 16.7. The molecule has 6 nitrogen and oxygen atoms in total. The molecule has 0 aliphatic rings. The number of fused-ring (bicyclic) bond motifs is 2. The first-order valence-electron chi connectivity index (χ1n) is 9.15. The Morgan fingerprint density at radius 2 is 1.83 bits per heavy atom. The van der Waals surface area contributed by atoms with Crippen LogP contribution in [-0.4, -0.2) is 15.6 Å². The largest absolute Gasteiger partial charge is 0.328 e. The number of aromatic nitrogens is 2. The number of halogens is 1. The van der Waals surface area contributed by atoms with Crippen molar-refractivity contribution in [3.05, 3.63) is 81.9 Å². The van der Waals surface area contributed by atoms with Crippen molar-refractivity contribution in [2.24, 2.45) is 7.05 Å². The monoisotopic (exact) mass is 406 g/mol. The Bertz CT molecular complexity index is 1290. The third kappa shape index (κ3) is 3.67. The number of hydrogen-bond donors (Lipinski definition) is 2. The molecule has 3 aromatic carbocycles. The molecule has 0 radical (unpaired) electrons. The maximum absolute atomic E-state index is 12.6. The van der Waals surface area contributed by atoms with E-state index >= 15 is 0 Å². The first-order valence-corrected chi connectivity index (χ1v) is 9.53. The van der Waals surface area contributed by atoms with Crippen LogP contribution in [0.5, 0.6) is 0 Å². The molecule has 0 aliphatic carbocycles. The number of amides is 2. The van der Waals surface area contributed by atoms with Gasteiger partial charge < -0.3 is 10.6 Å². The fraction of sp³-hybridized carbons (Fsp3) is 0.136. The quantitative estimate of drug-likeness (QED) is 0.521. The van der Waals surface area contributed by atoms with Crippen LogP contribution in [0.25, 0.3) is 21.7 Å². The molecule has 2 N–H and O–H groups in total. The molecule has 2 amide bonds. The van der Waals surface area contributed by atoms with Crippen LogP contribution in [0.2, 0.25) is 5.02 Å². The lowest BCUT2D eigenvalue weighted by molar-refractivity contribution is 0.248. The van der Waals surface area contributed by atoms with Crippen molar-refractivity contribution >= 4 is 45.0 Å². The number of nitrogens with zero attached hydrogens (tertiary/aromatic N) is 2. The van der Waals surface area contributed by atoms with Crippen molar-refractivity contribution in [3.8, 4) is 0 Å². The van der Waals surface area contributed by atoms with E-state index < -0.39 is 6.04 Å². The second-order valence-corrected chi connectivity index (χ2v) is 7.28. The van der Waals surface area contributed by atoms with Gasteiger partial charge in [0, 0.05) is 17.5 Å². The Balaban J connectivity index is 1.60. The highest BCUT2D eigenvalue weighted by molar-refractivity contribution is 6.31.